The maximum Gasteiger partial charge on any atom is 0.334 e. The van der Waals surface area contributed by atoms with E-state index in [1.165, 1.54) is 19.1 Å². The Morgan fingerprint density at radius 3 is 2.22 bits per heavy atom. The second kappa shape index (κ2) is 9.09. The van der Waals surface area contributed by atoms with E-state index >= 15 is 0 Å². The molecular weight excluding hydrogens is 482 g/mol. The number of nitrogens with zero attached hydrogens (tertiary/aromatic N) is 1. The van der Waals surface area contributed by atoms with E-state index in [0.717, 1.165) is 10.5 Å². The van der Waals surface area contributed by atoms with Gasteiger partial charge in [-0.05, 0) is 67.4 Å². The third kappa shape index (κ3) is 3.87. The van der Waals surface area contributed by atoms with Gasteiger partial charge in [0, 0.05) is 10.6 Å². The van der Waals surface area contributed by atoms with Crippen molar-refractivity contribution in [1.82, 2.24) is 4.90 Å². The normalized spacial score (nSPS) is 13.7. The number of carbonyl (C=O) groups is 3. The van der Waals surface area contributed by atoms with Gasteiger partial charge in [0.25, 0.3) is 11.8 Å². The lowest BCUT2D eigenvalue weighted by molar-refractivity contribution is -0.138. The Morgan fingerprint density at radius 2 is 1.61 bits per heavy atom. The van der Waals surface area contributed by atoms with E-state index in [-0.39, 0.29) is 28.0 Å². The van der Waals surface area contributed by atoms with E-state index in [9.17, 15) is 19.2 Å². The topological polar surface area (TPSA) is 93.9 Å². The molecule has 2 amide bonds. The number of ether oxygens (including phenoxy) is 1. The minimum Gasteiger partial charge on any atom is -0.452 e. The van der Waals surface area contributed by atoms with Gasteiger partial charge in [0.1, 0.15) is 11.6 Å². The number of hydrogen-bond acceptors (Lipinski definition) is 6. The molecule has 4 aromatic rings. The Bertz CT molecular complexity index is 1570. The van der Waals surface area contributed by atoms with Crippen LogP contribution in [0, 0.1) is 0 Å². The molecule has 0 radical (unpaired) electrons. The summed E-state index contributed by atoms with van der Waals surface area (Å²) in [6.45, 7) is 3.33. The molecule has 5 rings (SSSR count). The number of aryl methyl sites for hydroxylation is 1. The molecule has 36 heavy (non-hydrogen) atoms. The zero-order valence-electron chi connectivity index (χ0n) is 19.4. The van der Waals surface area contributed by atoms with E-state index in [4.69, 9.17) is 20.8 Å². The lowest BCUT2D eigenvalue weighted by atomic mass is 10.1. The highest BCUT2D eigenvalue weighted by atomic mass is 35.5. The number of hydrogen-bond donors (Lipinski definition) is 0. The molecular formula is C28H20ClNO6. The van der Waals surface area contributed by atoms with Crippen LogP contribution in [0.5, 0.6) is 5.75 Å². The van der Waals surface area contributed by atoms with E-state index in [0.29, 0.717) is 22.6 Å². The summed E-state index contributed by atoms with van der Waals surface area (Å²) in [5.41, 5.74) is 1.58. The van der Waals surface area contributed by atoms with Crippen molar-refractivity contribution in [1.29, 1.82) is 0 Å². The summed E-state index contributed by atoms with van der Waals surface area (Å²) >= 11 is 6.02. The summed E-state index contributed by atoms with van der Waals surface area (Å²) in [5, 5.41) is 0.732. The highest BCUT2D eigenvalue weighted by Crippen LogP contribution is 2.33. The van der Waals surface area contributed by atoms with Crippen LogP contribution in [-0.4, -0.2) is 28.7 Å². The molecule has 3 aromatic carbocycles. The van der Waals surface area contributed by atoms with E-state index in [2.05, 4.69) is 0 Å². The zero-order valence-corrected chi connectivity index (χ0v) is 20.2. The summed E-state index contributed by atoms with van der Waals surface area (Å²) in [6.07, 6.45) is 0.695. The zero-order chi connectivity index (χ0) is 25.6. The number of benzene rings is 3. The molecule has 0 N–H and O–H groups in total. The Kier molecular flexibility index (Phi) is 5.94. The minimum atomic E-state index is -1.28. The summed E-state index contributed by atoms with van der Waals surface area (Å²) in [4.78, 5) is 53.3. The minimum absolute atomic E-state index is 0.0383. The highest BCUT2D eigenvalue weighted by Gasteiger charge is 2.41. The molecule has 0 bridgehead atoms. The Balaban J connectivity index is 1.57. The van der Waals surface area contributed by atoms with Crippen molar-refractivity contribution in [2.75, 3.05) is 0 Å². The molecule has 0 unspecified atom stereocenters. The first-order valence-corrected chi connectivity index (χ1v) is 11.7. The van der Waals surface area contributed by atoms with Crippen molar-refractivity contribution in [2.45, 2.75) is 26.3 Å². The van der Waals surface area contributed by atoms with Gasteiger partial charge in [0.15, 0.2) is 5.76 Å². The lowest BCUT2D eigenvalue weighted by Crippen LogP contribution is -2.45. The molecule has 0 saturated carbocycles. The molecule has 0 saturated heterocycles. The van der Waals surface area contributed by atoms with Crippen LogP contribution in [0.4, 0.5) is 0 Å². The molecule has 0 fully saturated rings. The summed E-state index contributed by atoms with van der Waals surface area (Å²) in [7, 11) is 0. The van der Waals surface area contributed by atoms with Crippen LogP contribution in [0.2, 0.25) is 5.02 Å². The molecule has 0 aliphatic carbocycles. The van der Waals surface area contributed by atoms with Crippen molar-refractivity contribution >= 4 is 40.4 Å². The number of rotatable bonds is 5. The second-order valence-corrected chi connectivity index (χ2v) is 8.84. The monoisotopic (exact) mass is 501 g/mol. The van der Waals surface area contributed by atoms with Crippen LogP contribution in [0.15, 0.2) is 75.9 Å². The van der Waals surface area contributed by atoms with Crippen molar-refractivity contribution in [3.63, 3.8) is 0 Å². The summed E-state index contributed by atoms with van der Waals surface area (Å²) < 4.78 is 11.6. The van der Waals surface area contributed by atoms with Gasteiger partial charge in [0.05, 0.1) is 16.5 Å². The number of fused-ring (bicyclic) bond motifs is 2. The third-order valence-corrected chi connectivity index (χ3v) is 6.44. The first-order valence-electron chi connectivity index (χ1n) is 11.3. The maximum atomic E-state index is 13.5. The Labute approximate surface area is 210 Å². The standard InChI is InChI=1S/C28H20ClNO6/c1-3-16-8-13-22-21(14-16)23(31)25(24(35-22)17-9-11-18(29)12-10-17)36-28(34)15(2)30-26(32)19-6-4-5-7-20(19)27(30)33/h4-15H,3H2,1-2H3/t15-/m0/s1. The van der Waals surface area contributed by atoms with E-state index in [1.807, 2.05) is 13.0 Å². The number of esters is 1. The van der Waals surface area contributed by atoms with Crippen LogP contribution >= 0.6 is 11.6 Å². The molecule has 0 spiro atoms. The number of imide groups is 1. The van der Waals surface area contributed by atoms with Crippen LogP contribution in [0.25, 0.3) is 22.3 Å². The quantitative estimate of drug-likeness (QED) is 0.273. The molecule has 1 atom stereocenters. The predicted molar refractivity (Wildman–Crippen MR) is 134 cm³/mol. The predicted octanol–water partition coefficient (Wildman–Crippen LogP) is 5.27. The van der Waals surface area contributed by atoms with Crippen LogP contribution < -0.4 is 10.2 Å². The molecule has 1 aliphatic rings. The van der Waals surface area contributed by atoms with Gasteiger partial charge in [0.2, 0.25) is 11.2 Å². The van der Waals surface area contributed by atoms with Gasteiger partial charge in [-0.3, -0.25) is 19.3 Å². The van der Waals surface area contributed by atoms with Gasteiger partial charge < -0.3 is 9.15 Å². The van der Waals surface area contributed by atoms with E-state index < -0.39 is 29.3 Å². The third-order valence-electron chi connectivity index (χ3n) is 6.18. The number of halogens is 1. The molecule has 1 aromatic heterocycles. The van der Waals surface area contributed by atoms with Crippen molar-refractivity contribution < 1.29 is 23.5 Å². The number of amides is 2. The van der Waals surface area contributed by atoms with Crippen molar-refractivity contribution in [3.05, 3.63) is 98.7 Å². The molecule has 8 heteroatoms. The molecule has 2 heterocycles. The highest BCUT2D eigenvalue weighted by molar-refractivity contribution is 6.30. The Hall–Kier alpha value is -4.23. The molecule has 7 nitrogen and oxygen atoms in total. The van der Waals surface area contributed by atoms with Gasteiger partial charge in [-0.25, -0.2) is 4.79 Å². The van der Waals surface area contributed by atoms with Crippen molar-refractivity contribution in [2.24, 2.45) is 0 Å². The lowest BCUT2D eigenvalue weighted by Gasteiger charge is -2.21. The molecule has 1 aliphatic heterocycles. The van der Waals surface area contributed by atoms with Gasteiger partial charge >= 0.3 is 5.97 Å². The summed E-state index contributed by atoms with van der Waals surface area (Å²) in [5.74, 6) is -2.44. The fourth-order valence-electron chi connectivity index (χ4n) is 4.18. The average Bonchev–Trinajstić information content (AvgIpc) is 3.15. The Morgan fingerprint density at radius 1 is 0.972 bits per heavy atom. The van der Waals surface area contributed by atoms with Crippen LogP contribution in [0.3, 0.4) is 0 Å². The summed E-state index contributed by atoms with van der Waals surface area (Å²) in [6, 6.07) is 16.8. The van der Waals surface area contributed by atoms with Crippen LogP contribution in [-0.2, 0) is 11.2 Å². The fraction of sp³-hybridized carbons (Fsp3) is 0.143. The smallest absolute Gasteiger partial charge is 0.334 e. The first kappa shape index (κ1) is 23.5. The molecule has 180 valence electrons. The fourth-order valence-corrected chi connectivity index (χ4v) is 4.31. The van der Waals surface area contributed by atoms with Crippen LogP contribution in [0.1, 0.15) is 40.1 Å². The SMILES string of the molecule is CCc1ccc2oc(-c3ccc(Cl)cc3)c(OC(=O)[C@H](C)N3C(=O)c4ccccc4C3=O)c(=O)c2c1. The second-order valence-electron chi connectivity index (χ2n) is 8.40. The average molecular weight is 502 g/mol. The first-order chi connectivity index (χ1) is 17.3. The van der Waals surface area contributed by atoms with Gasteiger partial charge in [-0.2, -0.15) is 0 Å². The van der Waals surface area contributed by atoms with E-state index in [1.54, 1.807) is 48.5 Å². The maximum absolute atomic E-state index is 13.5. The largest absolute Gasteiger partial charge is 0.452 e. The van der Waals surface area contributed by atoms with Gasteiger partial charge in [-0.1, -0.05) is 36.7 Å². The van der Waals surface area contributed by atoms with Gasteiger partial charge in [-0.15, -0.1) is 0 Å². The van der Waals surface area contributed by atoms with Crippen molar-refractivity contribution in [3.8, 4) is 17.1 Å². The number of carbonyl (C=O) groups excluding carboxylic acids is 3.